The van der Waals surface area contributed by atoms with Gasteiger partial charge in [-0.05, 0) is 54.3 Å². The highest BCUT2D eigenvalue weighted by atomic mass is 35.5. The van der Waals surface area contributed by atoms with Gasteiger partial charge in [0.2, 0.25) is 15.9 Å². The fraction of sp³-hybridized carbons (Fsp3) is 0.409. The second kappa shape index (κ2) is 9.71. The summed E-state index contributed by atoms with van der Waals surface area (Å²) in [7, 11) is -3.67. The Hall–Kier alpha value is -2.25. The molecule has 0 fully saturated rings. The molecule has 2 aromatic rings. The molecule has 2 rings (SSSR count). The Bertz CT molecular complexity index is 952. The number of nitrogens with one attached hydrogen (secondary N) is 1. The second-order valence-electron chi connectivity index (χ2n) is 8.13. The van der Waals surface area contributed by atoms with Gasteiger partial charge in [0.15, 0.2) is 0 Å². The van der Waals surface area contributed by atoms with E-state index in [1.165, 1.54) is 12.5 Å². The Morgan fingerprint density at radius 2 is 1.67 bits per heavy atom. The number of benzene rings is 2. The third-order valence-electron chi connectivity index (χ3n) is 4.56. The summed E-state index contributed by atoms with van der Waals surface area (Å²) >= 11 is 5.88. The van der Waals surface area contributed by atoms with Gasteiger partial charge in [-0.15, -0.1) is 0 Å². The van der Waals surface area contributed by atoms with Gasteiger partial charge in [-0.1, -0.05) is 44.5 Å². The van der Waals surface area contributed by atoms with Gasteiger partial charge >= 0.3 is 0 Å². The fourth-order valence-corrected chi connectivity index (χ4v) is 4.24. The van der Waals surface area contributed by atoms with Crippen LogP contribution in [0.4, 0.5) is 5.69 Å². The number of hydrogen-bond acceptors (Lipinski definition) is 4. The zero-order valence-corrected chi connectivity index (χ0v) is 19.5. The van der Waals surface area contributed by atoms with Crippen LogP contribution in [0.3, 0.4) is 0 Å². The van der Waals surface area contributed by atoms with E-state index in [0.29, 0.717) is 16.5 Å². The minimum atomic E-state index is -3.67. The third kappa shape index (κ3) is 6.64. The molecule has 8 heteroatoms. The molecule has 1 amide bonds. The molecule has 164 valence electrons. The van der Waals surface area contributed by atoms with Gasteiger partial charge in [0.05, 0.1) is 18.5 Å². The molecule has 1 atom stereocenters. The number of amides is 1. The molecule has 0 saturated carbocycles. The molecule has 0 aromatic heterocycles. The van der Waals surface area contributed by atoms with Gasteiger partial charge in [-0.25, -0.2) is 8.42 Å². The first-order valence-corrected chi connectivity index (χ1v) is 11.9. The lowest BCUT2D eigenvalue weighted by atomic mass is 9.87. The van der Waals surface area contributed by atoms with Crippen LogP contribution < -0.4 is 14.4 Å². The molecule has 0 bridgehead atoms. The van der Waals surface area contributed by atoms with E-state index in [4.69, 9.17) is 16.3 Å². The summed E-state index contributed by atoms with van der Waals surface area (Å²) in [5.41, 5.74) is 1.65. The maximum atomic E-state index is 12.5. The van der Waals surface area contributed by atoms with Gasteiger partial charge in [0, 0.05) is 5.02 Å². The summed E-state index contributed by atoms with van der Waals surface area (Å²) < 4.78 is 31.3. The van der Waals surface area contributed by atoms with E-state index in [0.717, 1.165) is 10.6 Å². The summed E-state index contributed by atoms with van der Waals surface area (Å²) in [6, 6.07) is 13.2. The quantitative estimate of drug-likeness (QED) is 0.614. The van der Waals surface area contributed by atoms with Crippen molar-refractivity contribution in [2.75, 3.05) is 23.7 Å². The molecule has 0 saturated heterocycles. The van der Waals surface area contributed by atoms with E-state index >= 15 is 0 Å². The summed E-state index contributed by atoms with van der Waals surface area (Å²) in [6.07, 6.45) is 1.07. The zero-order valence-electron chi connectivity index (χ0n) is 18.0. The first-order chi connectivity index (χ1) is 13.9. The zero-order chi connectivity index (χ0) is 22.5. The lowest BCUT2D eigenvalue weighted by molar-refractivity contribution is -0.121. The van der Waals surface area contributed by atoms with Crippen LogP contribution in [0, 0.1) is 0 Å². The maximum Gasteiger partial charge on any atom is 0.243 e. The Morgan fingerprint density at radius 1 is 1.10 bits per heavy atom. The van der Waals surface area contributed by atoms with Gasteiger partial charge in [0.25, 0.3) is 0 Å². The molecule has 2 aromatic carbocycles. The average molecular weight is 453 g/mol. The van der Waals surface area contributed by atoms with Crippen LogP contribution in [0.15, 0.2) is 48.5 Å². The van der Waals surface area contributed by atoms with Crippen molar-refractivity contribution in [1.82, 2.24) is 5.32 Å². The van der Waals surface area contributed by atoms with Crippen LogP contribution in [-0.4, -0.2) is 39.8 Å². The van der Waals surface area contributed by atoms with Crippen molar-refractivity contribution in [2.24, 2.45) is 0 Å². The Balaban J connectivity index is 1.93. The van der Waals surface area contributed by atoms with Crippen molar-refractivity contribution >= 4 is 33.2 Å². The van der Waals surface area contributed by atoms with E-state index in [2.05, 4.69) is 26.1 Å². The number of ether oxygens (including phenoxy) is 1. The molecule has 0 aliphatic rings. The molecule has 0 aliphatic carbocycles. The first-order valence-electron chi connectivity index (χ1n) is 9.65. The van der Waals surface area contributed by atoms with Crippen LogP contribution in [0.1, 0.15) is 33.3 Å². The highest BCUT2D eigenvalue weighted by molar-refractivity contribution is 7.92. The molecular formula is C22H29ClN2O4S. The fourth-order valence-electron chi connectivity index (χ4n) is 2.94. The minimum absolute atomic E-state index is 0.0677. The summed E-state index contributed by atoms with van der Waals surface area (Å²) in [5, 5.41) is 3.21. The Morgan fingerprint density at radius 3 is 2.17 bits per heavy atom. The molecule has 30 heavy (non-hydrogen) atoms. The smallest absolute Gasteiger partial charge is 0.243 e. The van der Waals surface area contributed by atoms with Gasteiger partial charge < -0.3 is 10.1 Å². The van der Waals surface area contributed by atoms with Crippen molar-refractivity contribution in [3.63, 3.8) is 0 Å². The standard InChI is InChI=1S/C22H29ClN2O4S/c1-16(25(30(5,27)28)19-10-8-18(23)9-11-19)21(26)24-14-15-29-20-12-6-17(7-13-20)22(2,3)4/h6-13,16H,14-15H2,1-5H3,(H,24,26)/t16-/m1/s1. The van der Waals surface area contributed by atoms with Crippen molar-refractivity contribution in [1.29, 1.82) is 0 Å². The van der Waals surface area contributed by atoms with Gasteiger partial charge in [-0.2, -0.15) is 0 Å². The van der Waals surface area contributed by atoms with E-state index in [1.807, 2.05) is 24.3 Å². The molecule has 0 radical (unpaired) electrons. The number of nitrogens with zero attached hydrogens (tertiary/aromatic N) is 1. The normalized spacial score (nSPS) is 12.9. The number of sulfonamides is 1. The molecule has 0 unspecified atom stereocenters. The number of carbonyl (C=O) groups excluding carboxylic acids is 1. The number of hydrogen-bond donors (Lipinski definition) is 1. The number of carbonyl (C=O) groups is 1. The minimum Gasteiger partial charge on any atom is -0.492 e. The molecule has 0 spiro atoms. The predicted molar refractivity (Wildman–Crippen MR) is 122 cm³/mol. The summed E-state index contributed by atoms with van der Waals surface area (Å²) in [6.45, 7) is 8.49. The SMILES string of the molecule is C[C@H](C(=O)NCCOc1ccc(C(C)(C)C)cc1)N(c1ccc(Cl)cc1)S(C)(=O)=O. The van der Waals surface area contributed by atoms with E-state index < -0.39 is 22.0 Å². The molecular weight excluding hydrogens is 424 g/mol. The summed E-state index contributed by atoms with van der Waals surface area (Å²) in [5.74, 6) is 0.297. The van der Waals surface area contributed by atoms with Crippen molar-refractivity contribution in [3.8, 4) is 5.75 Å². The molecule has 0 aliphatic heterocycles. The second-order valence-corrected chi connectivity index (χ2v) is 10.4. The average Bonchev–Trinajstić information content (AvgIpc) is 2.65. The Labute approximate surface area is 184 Å². The monoisotopic (exact) mass is 452 g/mol. The van der Waals surface area contributed by atoms with Gasteiger partial charge in [0.1, 0.15) is 18.4 Å². The summed E-state index contributed by atoms with van der Waals surface area (Å²) in [4.78, 5) is 12.5. The van der Waals surface area contributed by atoms with E-state index in [-0.39, 0.29) is 18.6 Å². The topological polar surface area (TPSA) is 75.7 Å². The van der Waals surface area contributed by atoms with Crippen LogP contribution in [-0.2, 0) is 20.2 Å². The van der Waals surface area contributed by atoms with E-state index in [9.17, 15) is 13.2 Å². The van der Waals surface area contributed by atoms with Crippen LogP contribution in [0.2, 0.25) is 5.02 Å². The lowest BCUT2D eigenvalue weighted by Crippen LogP contribution is -2.48. The number of anilines is 1. The molecule has 0 heterocycles. The van der Waals surface area contributed by atoms with E-state index in [1.54, 1.807) is 24.3 Å². The maximum absolute atomic E-state index is 12.5. The Kier molecular flexibility index (Phi) is 7.77. The van der Waals surface area contributed by atoms with Crippen LogP contribution in [0.5, 0.6) is 5.75 Å². The third-order valence-corrected chi connectivity index (χ3v) is 6.05. The van der Waals surface area contributed by atoms with Gasteiger partial charge in [-0.3, -0.25) is 9.10 Å². The highest BCUT2D eigenvalue weighted by Crippen LogP contribution is 2.24. The molecule has 1 N–H and O–H groups in total. The largest absolute Gasteiger partial charge is 0.492 e. The number of halogens is 1. The van der Waals surface area contributed by atoms with Crippen molar-refractivity contribution < 1.29 is 17.9 Å². The first kappa shape index (κ1) is 24.0. The molecule has 6 nitrogen and oxygen atoms in total. The van der Waals surface area contributed by atoms with Crippen LogP contribution >= 0.6 is 11.6 Å². The van der Waals surface area contributed by atoms with Crippen molar-refractivity contribution in [2.45, 2.75) is 39.2 Å². The highest BCUT2D eigenvalue weighted by Gasteiger charge is 2.28. The predicted octanol–water partition coefficient (Wildman–Crippen LogP) is 3.99. The van der Waals surface area contributed by atoms with Crippen molar-refractivity contribution in [3.05, 3.63) is 59.1 Å². The van der Waals surface area contributed by atoms with Crippen LogP contribution in [0.25, 0.3) is 0 Å². The number of rotatable bonds is 8. The lowest BCUT2D eigenvalue weighted by Gasteiger charge is -2.28.